The highest BCUT2D eigenvalue weighted by Gasteiger charge is 1.99. The normalized spacial score (nSPS) is 13.0. The van der Waals surface area contributed by atoms with Crippen LogP contribution in [-0.2, 0) is 6.42 Å². The third-order valence-corrected chi connectivity index (χ3v) is 2.55. The van der Waals surface area contributed by atoms with E-state index >= 15 is 0 Å². The van der Waals surface area contributed by atoms with Crippen molar-refractivity contribution in [3.8, 4) is 0 Å². The van der Waals surface area contributed by atoms with E-state index in [0.717, 1.165) is 13.0 Å². The molecular formula is C16H28N2. The van der Waals surface area contributed by atoms with E-state index in [1.165, 1.54) is 16.7 Å². The van der Waals surface area contributed by atoms with Crippen LogP contribution in [-0.4, -0.2) is 18.6 Å². The van der Waals surface area contributed by atoms with Crippen LogP contribution in [0.4, 0.5) is 0 Å². The first-order valence-electron chi connectivity index (χ1n) is 6.81. The summed E-state index contributed by atoms with van der Waals surface area (Å²) in [5.41, 5.74) is 7.26. The smallest absolute Gasteiger partial charge is 0.0375 e. The van der Waals surface area contributed by atoms with Gasteiger partial charge in [0.25, 0.3) is 0 Å². The minimum Gasteiger partial charge on any atom is -0.318 e. The molecule has 1 aromatic carbocycles. The third-order valence-electron chi connectivity index (χ3n) is 2.55. The first kappa shape index (κ1) is 16.7. The van der Waals surface area contributed by atoms with Gasteiger partial charge >= 0.3 is 0 Å². The predicted octanol–water partition coefficient (Wildman–Crippen LogP) is 3.92. The second-order valence-corrected chi connectivity index (χ2v) is 4.26. The molecule has 0 radical (unpaired) electrons. The molecule has 1 aromatic rings. The molecule has 1 aliphatic heterocycles. The van der Waals surface area contributed by atoms with E-state index in [2.05, 4.69) is 56.7 Å². The van der Waals surface area contributed by atoms with Crippen molar-refractivity contribution in [2.24, 2.45) is 0 Å². The summed E-state index contributed by atoms with van der Waals surface area (Å²) in [6.45, 7) is 11.4. The van der Waals surface area contributed by atoms with Crippen LogP contribution in [0.25, 0.3) is 0 Å². The second-order valence-electron chi connectivity index (χ2n) is 4.26. The SMILES string of the molecule is CC.CC1=CN(C)NC1.CCc1ccc(C)cc1. The summed E-state index contributed by atoms with van der Waals surface area (Å²) in [7, 11) is 2.00. The van der Waals surface area contributed by atoms with Crippen molar-refractivity contribution in [1.29, 1.82) is 0 Å². The van der Waals surface area contributed by atoms with Crippen molar-refractivity contribution in [3.63, 3.8) is 0 Å². The van der Waals surface area contributed by atoms with E-state index in [1.807, 2.05) is 25.9 Å². The lowest BCUT2D eigenvalue weighted by molar-refractivity contribution is 0.373. The van der Waals surface area contributed by atoms with Crippen LogP contribution in [0.1, 0.15) is 38.8 Å². The summed E-state index contributed by atoms with van der Waals surface area (Å²) in [4.78, 5) is 0. The molecule has 2 rings (SSSR count). The molecule has 0 amide bonds. The van der Waals surface area contributed by atoms with E-state index in [1.54, 1.807) is 0 Å². The van der Waals surface area contributed by atoms with Crippen LogP contribution in [0.15, 0.2) is 36.0 Å². The third kappa shape index (κ3) is 7.13. The van der Waals surface area contributed by atoms with Crippen LogP contribution >= 0.6 is 0 Å². The molecule has 1 aliphatic rings. The first-order valence-corrected chi connectivity index (χ1v) is 6.81. The highest BCUT2D eigenvalue weighted by Crippen LogP contribution is 2.02. The van der Waals surface area contributed by atoms with Crippen LogP contribution < -0.4 is 5.43 Å². The standard InChI is InChI=1S/C9H12.C5H10N2.C2H6/c1-3-9-6-4-8(2)5-7-9;1-5-3-6-7(2)4-5;1-2/h4-7H,3H2,1-2H3;4,6H,3H2,1-2H3;1-2H3. The Bertz CT molecular complexity index is 339. The van der Waals surface area contributed by atoms with Gasteiger partial charge < -0.3 is 5.01 Å². The Hall–Kier alpha value is -1.28. The lowest BCUT2D eigenvalue weighted by Gasteiger charge is -2.04. The Labute approximate surface area is 113 Å². The van der Waals surface area contributed by atoms with E-state index in [9.17, 15) is 0 Å². The fourth-order valence-electron chi connectivity index (χ4n) is 1.50. The Morgan fingerprint density at radius 3 is 1.94 bits per heavy atom. The van der Waals surface area contributed by atoms with Crippen molar-refractivity contribution < 1.29 is 0 Å². The molecule has 0 saturated carbocycles. The molecule has 0 unspecified atom stereocenters. The quantitative estimate of drug-likeness (QED) is 0.810. The number of nitrogens with zero attached hydrogens (tertiary/aromatic N) is 1. The molecule has 0 saturated heterocycles. The summed E-state index contributed by atoms with van der Waals surface area (Å²) in [6.07, 6.45) is 3.22. The van der Waals surface area contributed by atoms with Crippen LogP contribution in [0.2, 0.25) is 0 Å². The van der Waals surface area contributed by atoms with E-state index < -0.39 is 0 Å². The van der Waals surface area contributed by atoms with Gasteiger partial charge in [-0.05, 0) is 31.4 Å². The fourth-order valence-corrected chi connectivity index (χ4v) is 1.50. The van der Waals surface area contributed by atoms with Crippen LogP contribution in [0.5, 0.6) is 0 Å². The summed E-state index contributed by atoms with van der Waals surface area (Å²) < 4.78 is 0. The molecule has 18 heavy (non-hydrogen) atoms. The van der Waals surface area contributed by atoms with Crippen molar-refractivity contribution >= 4 is 0 Å². The number of hydrogen-bond donors (Lipinski definition) is 1. The molecule has 2 nitrogen and oxygen atoms in total. The van der Waals surface area contributed by atoms with Gasteiger partial charge in [-0.3, -0.25) is 0 Å². The topological polar surface area (TPSA) is 15.3 Å². The summed E-state index contributed by atoms with van der Waals surface area (Å²) in [5.74, 6) is 0. The fraction of sp³-hybridized carbons (Fsp3) is 0.500. The zero-order valence-electron chi connectivity index (χ0n) is 12.7. The van der Waals surface area contributed by atoms with E-state index in [4.69, 9.17) is 0 Å². The number of nitrogens with one attached hydrogen (secondary N) is 1. The molecule has 1 heterocycles. The number of aryl methyl sites for hydroxylation is 2. The Balaban J connectivity index is 0.000000289. The monoisotopic (exact) mass is 248 g/mol. The molecule has 1 N–H and O–H groups in total. The minimum absolute atomic E-state index is 1.01. The summed E-state index contributed by atoms with van der Waals surface area (Å²) >= 11 is 0. The maximum atomic E-state index is 3.11. The van der Waals surface area contributed by atoms with Gasteiger partial charge in [-0.15, -0.1) is 0 Å². The molecule has 0 fully saturated rings. The highest BCUT2D eigenvalue weighted by molar-refractivity contribution is 5.20. The van der Waals surface area contributed by atoms with Gasteiger partial charge in [0, 0.05) is 19.8 Å². The minimum atomic E-state index is 1.01. The number of hydrazine groups is 1. The molecule has 102 valence electrons. The lowest BCUT2D eigenvalue weighted by Crippen LogP contribution is -2.23. The van der Waals surface area contributed by atoms with Crippen LogP contribution in [0.3, 0.4) is 0 Å². The lowest BCUT2D eigenvalue weighted by atomic mass is 10.1. The molecule has 0 bridgehead atoms. The van der Waals surface area contributed by atoms with Gasteiger partial charge in [-0.1, -0.05) is 50.6 Å². The molecule has 0 aromatic heterocycles. The maximum Gasteiger partial charge on any atom is 0.0375 e. The van der Waals surface area contributed by atoms with Gasteiger partial charge in [-0.25, -0.2) is 5.43 Å². The molecule has 0 spiro atoms. The highest BCUT2D eigenvalue weighted by atomic mass is 15.5. The summed E-state index contributed by atoms with van der Waals surface area (Å²) in [6, 6.07) is 8.66. The van der Waals surface area contributed by atoms with Gasteiger partial charge in [0.2, 0.25) is 0 Å². The Kier molecular flexibility index (Phi) is 9.03. The van der Waals surface area contributed by atoms with Gasteiger partial charge in [-0.2, -0.15) is 0 Å². The molecular weight excluding hydrogens is 220 g/mol. The van der Waals surface area contributed by atoms with Crippen molar-refractivity contribution in [2.45, 2.75) is 41.0 Å². The average molecular weight is 248 g/mol. The van der Waals surface area contributed by atoms with Crippen LogP contribution in [0, 0.1) is 6.92 Å². The zero-order chi connectivity index (χ0) is 14.0. The largest absolute Gasteiger partial charge is 0.318 e. The van der Waals surface area contributed by atoms with E-state index in [0.29, 0.717) is 0 Å². The maximum absolute atomic E-state index is 3.11. The Morgan fingerprint density at radius 1 is 1.11 bits per heavy atom. The Morgan fingerprint density at radius 2 is 1.67 bits per heavy atom. The molecule has 2 heteroatoms. The first-order chi connectivity index (χ1) is 8.61. The summed E-state index contributed by atoms with van der Waals surface area (Å²) in [5, 5.41) is 1.97. The predicted molar refractivity (Wildman–Crippen MR) is 81.4 cm³/mol. The van der Waals surface area contributed by atoms with Crippen molar-refractivity contribution in [2.75, 3.05) is 13.6 Å². The second kappa shape index (κ2) is 9.72. The van der Waals surface area contributed by atoms with Crippen molar-refractivity contribution in [1.82, 2.24) is 10.4 Å². The van der Waals surface area contributed by atoms with Gasteiger partial charge in [0.05, 0.1) is 0 Å². The molecule has 0 aliphatic carbocycles. The average Bonchev–Trinajstić information content (AvgIpc) is 2.77. The van der Waals surface area contributed by atoms with Gasteiger partial charge in [0.1, 0.15) is 0 Å². The van der Waals surface area contributed by atoms with Crippen molar-refractivity contribution in [3.05, 3.63) is 47.2 Å². The number of rotatable bonds is 1. The van der Waals surface area contributed by atoms with E-state index in [-0.39, 0.29) is 0 Å². The number of benzene rings is 1. The molecule has 0 atom stereocenters. The zero-order valence-corrected chi connectivity index (χ0v) is 12.7. The van der Waals surface area contributed by atoms with Gasteiger partial charge in [0.15, 0.2) is 0 Å². The number of hydrogen-bond acceptors (Lipinski definition) is 2.